The molecule has 1 N–H and O–H groups in total. The zero-order valence-corrected chi connectivity index (χ0v) is 11.6. The molecule has 2 aromatic rings. The van der Waals surface area contributed by atoms with Gasteiger partial charge in [0.25, 0.3) is 0 Å². The normalized spacial score (nSPS) is 10.3. The van der Waals surface area contributed by atoms with Gasteiger partial charge in [0.2, 0.25) is 0 Å². The Morgan fingerprint density at radius 3 is 2.74 bits per heavy atom. The van der Waals surface area contributed by atoms with Crippen LogP contribution in [0.2, 0.25) is 0 Å². The molecular weight excluding hydrogens is 238 g/mol. The summed E-state index contributed by atoms with van der Waals surface area (Å²) in [5.41, 5.74) is 1.95. The SMILES string of the molecule is CCNc1cc(-c2cccc(OCC)c2)nc(C)n1. The predicted octanol–water partition coefficient (Wildman–Crippen LogP) is 3.28. The van der Waals surface area contributed by atoms with E-state index in [1.54, 1.807) is 0 Å². The number of nitrogens with one attached hydrogen (secondary N) is 1. The number of hydrogen-bond donors (Lipinski definition) is 1. The van der Waals surface area contributed by atoms with Gasteiger partial charge in [-0.05, 0) is 32.9 Å². The summed E-state index contributed by atoms with van der Waals surface area (Å²) >= 11 is 0. The lowest BCUT2D eigenvalue weighted by atomic mass is 10.1. The standard InChI is InChI=1S/C15H19N3O/c1-4-16-15-10-14(17-11(3)18-15)12-7-6-8-13(9-12)19-5-2/h6-10H,4-5H2,1-3H3,(H,16,17,18). The second-order valence-corrected chi connectivity index (χ2v) is 4.18. The Morgan fingerprint density at radius 1 is 1.16 bits per heavy atom. The molecule has 1 aromatic carbocycles. The number of aryl methyl sites for hydroxylation is 1. The Bertz CT molecular complexity index is 555. The fourth-order valence-electron chi connectivity index (χ4n) is 1.90. The van der Waals surface area contributed by atoms with Crippen molar-refractivity contribution in [3.63, 3.8) is 0 Å². The van der Waals surface area contributed by atoms with Crippen molar-refractivity contribution < 1.29 is 4.74 Å². The van der Waals surface area contributed by atoms with Crippen molar-refractivity contribution in [1.82, 2.24) is 9.97 Å². The van der Waals surface area contributed by atoms with Gasteiger partial charge in [-0.2, -0.15) is 0 Å². The summed E-state index contributed by atoms with van der Waals surface area (Å²) in [5, 5.41) is 3.22. The van der Waals surface area contributed by atoms with Gasteiger partial charge in [0.15, 0.2) is 0 Å². The average molecular weight is 257 g/mol. The minimum absolute atomic E-state index is 0.662. The van der Waals surface area contributed by atoms with E-state index >= 15 is 0 Å². The molecule has 0 radical (unpaired) electrons. The molecule has 0 saturated heterocycles. The van der Waals surface area contributed by atoms with Crippen molar-refractivity contribution in [2.45, 2.75) is 20.8 Å². The molecule has 1 heterocycles. The van der Waals surface area contributed by atoms with Crippen LogP contribution in [0.25, 0.3) is 11.3 Å². The number of rotatable bonds is 5. The van der Waals surface area contributed by atoms with Gasteiger partial charge < -0.3 is 10.1 Å². The third-order valence-corrected chi connectivity index (χ3v) is 2.64. The van der Waals surface area contributed by atoms with Crippen LogP contribution in [0, 0.1) is 6.92 Å². The highest BCUT2D eigenvalue weighted by Gasteiger charge is 2.05. The van der Waals surface area contributed by atoms with Gasteiger partial charge in [0.1, 0.15) is 17.4 Å². The highest BCUT2D eigenvalue weighted by molar-refractivity contribution is 5.64. The zero-order chi connectivity index (χ0) is 13.7. The fourth-order valence-corrected chi connectivity index (χ4v) is 1.90. The summed E-state index contributed by atoms with van der Waals surface area (Å²) in [7, 11) is 0. The second kappa shape index (κ2) is 6.18. The van der Waals surface area contributed by atoms with Gasteiger partial charge in [-0.25, -0.2) is 9.97 Å². The van der Waals surface area contributed by atoms with E-state index in [0.717, 1.165) is 35.2 Å². The van der Waals surface area contributed by atoms with Crippen molar-refractivity contribution in [2.24, 2.45) is 0 Å². The van der Waals surface area contributed by atoms with Crippen LogP contribution in [0.15, 0.2) is 30.3 Å². The van der Waals surface area contributed by atoms with Gasteiger partial charge in [0.05, 0.1) is 12.3 Å². The van der Waals surface area contributed by atoms with Crippen LogP contribution in [0.4, 0.5) is 5.82 Å². The minimum Gasteiger partial charge on any atom is -0.494 e. The van der Waals surface area contributed by atoms with Gasteiger partial charge in [-0.15, -0.1) is 0 Å². The van der Waals surface area contributed by atoms with E-state index in [4.69, 9.17) is 4.74 Å². The highest BCUT2D eigenvalue weighted by atomic mass is 16.5. The quantitative estimate of drug-likeness (QED) is 0.893. The summed E-state index contributed by atoms with van der Waals surface area (Å²) in [6, 6.07) is 9.92. The van der Waals surface area contributed by atoms with Crippen LogP contribution in [0.1, 0.15) is 19.7 Å². The molecule has 0 spiro atoms. The third kappa shape index (κ3) is 3.44. The number of nitrogens with zero attached hydrogens (tertiary/aromatic N) is 2. The first kappa shape index (κ1) is 13.3. The van der Waals surface area contributed by atoms with Crippen LogP contribution in [0.5, 0.6) is 5.75 Å². The van der Waals surface area contributed by atoms with Gasteiger partial charge >= 0.3 is 0 Å². The van der Waals surface area contributed by atoms with Gasteiger partial charge in [-0.3, -0.25) is 0 Å². The van der Waals surface area contributed by atoms with Crippen LogP contribution in [0.3, 0.4) is 0 Å². The lowest BCUT2D eigenvalue weighted by Crippen LogP contribution is -2.02. The Morgan fingerprint density at radius 2 is 2.00 bits per heavy atom. The second-order valence-electron chi connectivity index (χ2n) is 4.18. The highest BCUT2D eigenvalue weighted by Crippen LogP contribution is 2.24. The third-order valence-electron chi connectivity index (χ3n) is 2.64. The Labute approximate surface area is 113 Å². The first-order chi connectivity index (χ1) is 9.22. The molecule has 0 aliphatic heterocycles. The van der Waals surface area contributed by atoms with Crippen LogP contribution < -0.4 is 10.1 Å². The fraction of sp³-hybridized carbons (Fsp3) is 0.333. The van der Waals surface area contributed by atoms with E-state index in [9.17, 15) is 0 Å². The topological polar surface area (TPSA) is 47.0 Å². The average Bonchev–Trinajstić information content (AvgIpc) is 2.39. The number of hydrogen-bond acceptors (Lipinski definition) is 4. The molecule has 2 rings (SSSR count). The first-order valence-corrected chi connectivity index (χ1v) is 6.55. The van der Waals surface area contributed by atoms with E-state index in [1.807, 2.05) is 51.1 Å². The molecule has 0 unspecified atom stereocenters. The number of benzene rings is 1. The summed E-state index contributed by atoms with van der Waals surface area (Å²) < 4.78 is 5.52. The van der Waals surface area contributed by atoms with Crippen LogP contribution in [-0.2, 0) is 0 Å². The maximum absolute atomic E-state index is 5.52. The van der Waals surface area contributed by atoms with E-state index < -0.39 is 0 Å². The molecule has 0 fully saturated rings. The Balaban J connectivity index is 2.37. The van der Waals surface area contributed by atoms with E-state index in [-0.39, 0.29) is 0 Å². The monoisotopic (exact) mass is 257 g/mol. The minimum atomic E-state index is 0.662. The number of aromatic nitrogens is 2. The number of anilines is 1. The summed E-state index contributed by atoms with van der Waals surface area (Å²) in [4.78, 5) is 8.84. The van der Waals surface area contributed by atoms with E-state index in [1.165, 1.54) is 0 Å². The molecular formula is C15H19N3O. The molecule has 4 heteroatoms. The molecule has 1 aromatic heterocycles. The van der Waals surface area contributed by atoms with Crippen molar-refractivity contribution in [3.8, 4) is 17.0 Å². The summed E-state index contributed by atoms with van der Waals surface area (Å²) in [5.74, 6) is 2.48. The van der Waals surface area contributed by atoms with E-state index in [2.05, 4.69) is 15.3 Å². The van der Waals surface area contributed by atoms with Crippen molar-refractivity contribution >= 4 is 5.82 Å². The lowest BCUT2D eigenvalue weighted by Gasteiger charge is -2.09. The summed E-state index contributed by atoms with van der Waals surface area (Å²) in [6.07, 6.45) is 0. The Hall–Kier alpha value is -2.10. The maximum Gasteiger partial charge on any atom is 0.130 e. The molecule has 0 atom stereocenters. The Kier molecular flexibility index (Phi) is 4.34. The van der Waals surface area contributed by atoms with Gasteiger partial charge in [-0.1, -0.05) is 12.1 Å². The smallest absolute Gasteiger partial charge is 0.130 e. The first-order valence-electron chi connectivity index (χ1n) is 6.55. The van der Waals surface area contributed by atoms with E-state index in [0.29, 0.717) is 6.61 Å². The van der Waals surface area contributed by atoms with Crippen molar-refractivity contribution in [1.29, 1.82) is 0 Å². The van der Waals surface area contributed by atoms with Crippen molar-refractivity contribution in [2.75, 3.05) is 18.5 Å². The largest absolute Gasteiger partial charge is 0.494 e. The molecule has 100 valence electrons. The maximum atomic E-state index is 5.52. The zero-order valence-electron chi connectivity index (χ0n) is 11.6. The van der Waals surface area contributed by atoms with Crippen molar-refractivity contribution in [3.05, 3.63) is 36.2 Å². The molecule has 0 amide bonds. The molecule has 0 bridgehead atoms. The molecule has 4 nitrogen and oxygen atoms in total. The molecule has 0 saturated carbocycles. The van der Waals surface area contributed by atoms with Crippen LogP contribution >= 0.6 is 0 Å². The lowest BCUT2D eigenvalue weighted by molar-refractivity contribution is 0.340. The predicted molar refractivity (Wildman–Crippen MR) is 77.5 cm³/mol. The van der Waals surface area contributed by atoms with Crippen LogP contribution in [-0.4, -0.2) is 23.1 Å². The molecule has 19 heavy (non-hydrogen) atoms. The summed E-state index contributed by atoms with van der Waals surface area (Å²) in [6.45, 7) is 7.43. The molecule has 0 aliphatic carbocycles. The number of ether oxygens (including phenoxy) is 1. The molecule has 0 aliphatic rings. The van der Waals surface area contributed by atoms with Gasteiger partial charge in [0, 0.05) is 18.2 Å².